The SMILES string of the molecule is Cc1cc(NC(=O)C23CC4CC(CC(C4)C2)C3)ccc1NC(=O)c1ccccc1. The van der Waals surface area contributed by atoms with Gasteiger partial charge in [-0.05, 0) is 99.1 Å². The molecule has 0 unspecified atom stereocenters. The second kappa shape index (κ2) is 7.01. The minimum absolute atomic E-state index is 0.126. The topological polar surface area (TPSA) is 58.2 Å². The predicted molar refractivity (Wildman–Crippen MR) is 115 cm³/mol. The van der Waals surface area contributed by atoms with Crippen molar-refractivity contribution in [3.05, 3.63) is 59.7 Å². The molecular formula is C25H28N2O2. The zero-order valence-corrected chi connectivity index (χ0v) is 16.9. The van der Waals surface area contributed by atoms with Crippen molar-refractivity contribution in [3.63, 3.8) is 0 Å². The molecule has 2 aromatic carbocycles. The first-order valence-corrected chi connectivity index (χ1v) is 10.8. The molecule has 0 atom stereocenters. The highest BCUT2D eigenvalue weighted by Gasteiger charge is 2.54. The molecule has 6 rings (SSSR count). The Morgan fingerprint density at radius 3 is 2.07 bits per heavy atom. The van der Waals surface area contributed by atoms with Crippen LogP contribution in [0.2, 0.25) is 0 Å². The Morgan fingerprint density at radius 2 is 1.48 bits per heavy atom. The smallest absolute Gasteiger partial charge is 0.255 e. The van der Waals surface area contributed by atoms with Crippen molar-refractivity contribution in [1.29, 1.82) is 0 Å². The van der Waals surface area contributed by atoms with Crippen LogP contribution in [0.3, 0.4) is 0 Å². The third kappa shape index (κ3) is 3.45. The lowest BCUT2D eigenvalue weighted by Crippen LogP contribution is -2.51. The second-order valence-electron chi connectivity index (χ2n) is 9.50. The van der Waals surface area contributed by atoms with Crippen LogP contribution in [0.1, 0.15) is 54.4 Å². The summed E-state index contributed by atoms with van der Waals surface area (Å²) < 4.78 is 0. The summed E-state index contributed by atoms with van der Waals surface area (Å²) in [5.74, 6) is 2.34. The fraction of sp³-hybridized carbons (Fsp3) is 0.440. The summed E-state index contributed by atoms with van der Waals surface area (Å²) in [7, 11) is 0. The maximum atomic E-state index is 13.2. The maximum absolute atomic E-state index is 13.2. The molecule has 2 amide bonds. The Bertz CT molecular complexity index is 915. The van der Waals surface area contributed by atoms with Crippen LogP contribution in [0.15, 0.2) is 48.5 Å². The number of aryl methyl sites for hydroxylation is 1. The molecule has 4 aliphatic rings. The van der Waals surface area contributed by atoms with Gasteiger partial charge in [0.05, 0.1) is 5.41 Å². The van der Waals surface area contributed by atoms with Gasteiger partial charge in [-0.15, -0.1) is 0 Å². The van der Waals surface area contributed by atoms with Crippen LogP contribution in [0, 0.1) is 30.1 Å². The maximum Gasteiger partial charge on any atom is 0.255 e. The molecule has 0 heterocycles. The number of anilines is 2. The minimum Gasteiger partial charge on any atom is -0.326 e. The van der Waals surface area contributed by atoms with E-state index in [0.717, 1.165) is 54.0 Å². The quantitative estimate of drug-likeness (QED) is 0.736. The molecule has 150 valence electrons. The van der Waals surface area contributed by atoms with E-state index < -0.39 is 0 Å². The first-order valence-electron chi connectivity index (χ1n) is 10.8. The van der Waals surface area contributed by atoms with Crippen molar-refractivity contribution < 1.29 is 9.59 Å². The summed E-state index contributed by atoms with van der Waals surface area (Å²) in [6, 6.07) is 14.9. The summed E-state index contributed by atoms with van der Waals surface area (Å²) in [6.07, 6.45) is 7.20. The molecule has 4 fully saturated rings. The van der Waals surface area contributed by atoms with Crippen LogP contribution in [0.5, 0.6) is 0 Å². The molecule has 29 heavy (non-hydrogen) atoms. The lowest BCUT2D eigenvalue weighted by Gasteiger charge is -2.55. The largest absolute Gasteiger partial charge is 0.326 e. The average molecular weight is 389 g/mol. The van der Waals surface area contributed by atoms with Gasteiger partial charge in [-0.25, -0.2) is 0 Å². The van der Waals surface area contributed by atoms with Gasteiger partial charge in [0, 0.05) is 16.9 Å². The van der Waals surface area contributed by atoms with E-state index in [1.807, 2.05) is 43.3 Å². The first-order chi connectivity index (χ1) is 14.0. The number of rotatable bonds is 4. The second-order valence-corrected chi connectivity index (χ2v) is 9.50. The average Bonchev–Trinajstić information content (AvgIpc) is 2.69. The molecular weight excluding hydrogens is 360 g/mol. The van der Waals surface area contributed by atoms with E-state index in [-0.39, 0.29) is 17.2 Å². The van der Waals surface area contributed by atoms with Crippen LogP contribution >= 0.6 is 0 Å². The lowest BCUT2D eigenvalue weighted by molar-refractivity contribution is -0.140. The molecule has 2 aromatic rings. The van der Waals surface area contributed by atoms with Crippen LogP contribution in [-0.2, 0) is 4.79 Å². The molecule has 4 bridgehead atoms. The Hall–Kier alpha value is -2.62. The summed E-state index contributed by atoms with van der Waals surface area (Å²) in [5.41, 5.74) is 3.01. The highest BCUT2D eigenvalue weighted by Crippen LogP contribution is 2.60. The molecule has 2 N–H and O–H groups in total. The van der Waals surface area contributed by atoms with Gasteiger partial charge >= 0.3 is 0 Å². The van der Waals surface area contributed by atoms with Crippen LogP contribution in [0.25, 0.3) is 0 Å². The predicted octanol–water partition coefficient (Wildman–Crippen LogP) is 5.40. The van der Waals surface area contributed by atoms with Crippen molar-refractivity contribution in [3.8, 4) is 0 Å². The highest BCUT2D eigenvalue weighted by molar-refractivity contribution is 6.05. The molecule has 4 heteroatoms. The Kier molecular flexibility index (Phi) is 4.45. The van der Waals surface area contributed by atoms with Gasteiger partial charge in [0.25, 0.3) is 5.91 Å². The Morgan fingerprint density at radius 1 is 0.862 bits per heavy atom. The summed E-state index contributed by atoms with van der Waals surface area (Å²) in [4.78, 5) is 25.7. The molecule has 0 radical (unpaired) electrons. The van der Waals surface area contributed by atoms with Crippen molar-refractivity contribution in [2.75, 3.05) is 10.6 Å². The van der Waals surface area contributed by atoms with Crippen molar-refractivity contribution in [2.24, 2.45) is 23.2 Å². The van der Waals surface area contributed by atoms with Crippen molar-refractivity contribution in [1.82, 2.24) is 0 Å². The number of amides is 2. The molecule has 4 saturated carbocycles. The standard InChI is InChI=1S/C25H28N2O2/c1-16-9-21(7-8-22(16)27-23(28)20-5-3-2-4-6-20)26-24(29)25-13-17-10-18(14-25)12-19(11-17)15-25/h2-9,17-19H,10-15H2,1H3,(H,26,29)(H,27,28). The van der Waals surface area contributed by atoms with Crippen LogP contribution in [-0.4, -0.2) is 11.8 Å². The van der Waals surface area contributed by atoms with E-state index in [1.165, 1.54) is 19.3 Å². The van der Waals surface area contributed by atoms with Gasteiger partial charge in [0.2, 0.25) is 5.91 Å². The first kappa shape index (κ1) is 18.4. The van der Waals surface area contributed by atoms with Crippen molar-refractivity contribution >= 4 is 23.2 Å². The van der Waals surface area contributed by atoms with Gasteiger partial charge in [0.15, 0.2) is 0 Å². The number of nitrogens with one attached hydrogen (secondary N) is 2. The number of benzene rings is 2. The van der Waals surface area contributed by atoms with E-state index in [0.29, 0.717) is 5.56 Å². The zero-order valence-electron chi connectivity index (χ0n) is 16.9. The lowest BCUT2D eigenvalue weighted by atomic mass is 9.49. The molecule has 0 aromatic heterocycles. The zero-order chi connectivity index (χ0) is 20.0. The van der Waals surface area contributed by atoms with Gasteiger partial charge in [0.1, 0.15) is 0 Å². The van der Waals surface area contributed by atoms with Gasteiger partial charge in [-0.1, -0.05) is 18.2 Å². The van der Waals surface area contributed by atoms with Gasteiger partial charge in [-0.2, -0.15) is 0 Å². The monoisotopic (exact) mass is 388 g/mol. The molecule has 0 saturated heterocycles. The fourth-order valence-corrected chi connectivity index (χ4v) is 6.32. The highest BCUT2D eigenvalue weighted by atomic mass is 16.2. The Labute approximate surface area is 172 Å². The van der Waals surface area contributed by atoms with Gasteiger partial charge < -0.3 is 10.6 Å². The minimum atomic E-state index is -0.150. The third-order valence-corrected chi connectivity index (χ3v) is 7.29. The molecule has 0 spiro atoms. The van der Waals surface area contributed by atoms with Gasteiger partial charge in [-0.3, -0.25) is 9.59 Å². The van der Waals surface area contributed by atoms with Crippen LogP contribution < -0.4 is 10.6 Å². The number of hydrogen-bond acceptors (Lipinski definition) is 2. The Balaban J connectivity index is 1.28. The summed E-state index contributed by atoms with van der Waals surface area (Å²) >= 11 is 0. The third-order valence-electron chi connectivity index (χ3n) is 7.29. The van der Waals surface area contributed by atoms with Crippen LogP contribution in [0.4, 0.5) is 11.4 Å². The molecule has 4 nitrogen and oxygen atoms in total. The van der Waals surface area contributed by atoms with E-state index in [2.05, 4.69) is 10.6 Å². The number of carbonyl (C=O) groups is 2. The number of hydrogen-bond donors (Lipinski definition) is 2. The molecule has 4 aliphatic carbocycles. The van der Waals surface area contributed by atoms with Crippen molar-refractivity contribution in [2.45, 2.75) is 45.4 Å². The molecule has 0 aliphatic heterocycles. The summed E-state index contributed by atoms with van der Waals surface area (Å²) in [5, 5.41) is 6.16. The van der Waals surface area contributed by atoms with E-state index in [4.69, 9.17) is 0 Å². The fourth-order valence-electron chi connectivity index (χ4n) is 6.32. The van der Waals surface area contributed by atoms with E-state index >= 15 is 0 Å². The van der Waals surface area contributed by atoms with E-state index in [1.54, 1.807) is 12.1 Å². The number of carbonyl (C=O) groups excluding carboxylic acids is 2. The normalized spacial score (nSPS) is 29.5. The van der Waals surface area contributed by atoms with E-state index in [9.17, 15) is 9.59 Å². The summed E-state index contributed by atoms with van der Waals surface area (Å²) in [6.45, 7) is 1.96.